The Morgan fingerprint density at radius 1 is 1.29 bits per heavy atom. The summed E-state index contributed by atoms with van der Waals surface area (Å²) in [6, 6.07) is 8.61. The number of carboxylic acids is 1. The van der Waals surface area contributed by atoms with E-state index in [-0.39, 0.29) is 5.92 Å². The second-order valence-corrected chi connectivity index (χ2v) is 3.71. The SMILES string of the molecule is O=C(O)[C@](O)(c1ccccc1)C1CC1. The van der Waals surface area contributed by atoms with Gasteiger partial charge in [0.1, 0.15) is 0 Å². The molecule has 74 valence electrons. The maximum absolute atomic E-state index is 11.1. The standard InChI is InChI=1S/C11H12O3/c12-10(13)11(14,9-6-7-9)8-4-2-1-3-5-8/h1-5,9,14H,6-7H2,(H,12,13)/t11-/m0/s1. The first-order chi connectivity index (χ1) is 6.65. The molecule has 0 aliphatic heterocycles. The molecule has 2 rings (SSSR count). The van der Waals surface area contributed by atoms with Crippen molar-refractivity contribution in [1.82, 2.24) is 0 Å². The number of benzene rings is 1. The fourth-order valence-corrected chi connectivity index (χ4v) is 1.73. The minimum atomic E-state index is -1.68. The predicted octanol–water partition coefficient (Wildman–Crippen LogP) is 1.37. The average Bonchev–Trinajstić information content (AvgIpc) is 3.01. The van der Waals surface area contributed by atoms with Gasteiger partial charge in [0, 0.05) is 5.92 Å². The molecule has 0 unspecified atom stereocenters. The van der Waals surface area contributed by atoms with Crippen LogP contribution in [0.25, 0.3) is 0 Å². The molecule has 3 heteroatoms. The van der Waals surface area contributed by atoms with Crippen molar-refractivity contribution in [3.63, 3.8) is 0 Å². The first-order valence-electron chi connectivity index (χ1n) is 4.67. The maximum atomic E-state index is 11.1. The second-order valence-electron chi connectivity index (χ2n) is 3.71. The van der Waals surface area contributed by atoms with Gasteiger partial charge in [-0.25, -0.2) is 4.79 Å². The van der Waals surface area contributed by atoms with Crippen molar-refractivity contribution in [3.8, 4) is 0 Å². The van der Waals surface area contributed by atoms with Crippen LogP contribution in [0.5, 0.6) is 0 Å². The monoisotopic (exact) mass is 192 g/mol. The van der Waals surface area contributed by atoms with Crippen LogP contribution in [0.4, 0.5) is 0 Å². The summed E-state index contributed by atoms with van der Waals surface area (Å²) >= 11 is 0. The summed E-state index contributed by atoms with van der Waals surface area (Å²) in [5.74, 6) is -1.27. The van der Waals surface area contributed by atoms with E-state index in [9.17, 15) is 9.90 Å². The fourth-order valence-electron chi connectivity index (χ4n) is 1.73. The van der Waals surface area contributed by atoms with Gasteiger partial charge >= 0.3 is 5.97 Å². The lowest BCUT2D eigenvalue weighted by Crippen LogP contribution is -2.37. The number of carboxylic acid groups (broad SMARTS) is 1. The lowest BCUT2D eigenvalue weighted by Gasteiger charge is -2.23. The number of aliphatic hydroxyl groups is 1. The normalized spacial score (nSPS) is 20.1. The molecule has 14 heavy (non-hydrogen) atoms. The highest BCUT2D eigenvalue weighted by Gasteiger charge is 2.51. The van der Waals surface area contributed by atoms with Gasteiger partial charge in [0.2, 0.25) is 0 Å². The van der Waals surface area contributed by atoms with Crippen LogP contribution in [0.1, 0.15) is 18.4 Å². The van der Waals surface area contributed by atoms with E-state index in [1.54, 1.807) is 30.3 Å². The van der Waals surface area contributed by atoms with E-state index in [0.717, 1.165) is 12.8 Å². The van der Waals surface area contributed by atoms with Crippen LogP contribution < -0.4 is 0 Å². The quantitative estimate of drug-likeness (QED) is 0.760. The Bertz CT molecular complexity index is 343. The van der Waals surface area contributed by atoms with Gasteiger partial charge in [-0.15, -0.1) is 0 Å². The Hall–Kier alpha value is -1.35. The minimum absolute atomic E-state index is 0.123. The van der Waals surface area contributed by atoms with Gasteiger partial charge < -0.3 is 10.2 Å². The maximum Gasteiger partial charge on any atom is 0.340 e. The molecule has 0 spiro atoms. The van der Waals surface area contributed by atoms with Gasteiger partial charge in [0.05, 0.1) is 0 Å². The van der Waals surface area contributed by atoms with Crippen LogP contribution in [0.2, 0.25) is 0 Å². The van der Waals surface area contributed by atoms with Crippen molar-refractivity contribution in [2.24, 2.45) is 5.92 Å². The van der Waals surface area contributed by atoms with E-state index in [1.807, 2.05) is 0 Å². The summed E-state index contributed by atoms with van der Waals surface area (Å²) in [7, 11) is 0. The van der Waals surface area contributed by atoms with Crippen molar-refractivity contribution in [2.45, 2.75) is 18.4 Å². The van der Waals surface area contributed by atoms with Crippen LogP contribution in [0, 0.1) is 5.92 Å². The number of hydrogen-bond acceptors (Lipinski definition) is 2. The first-order valence-corrected chi connectivity index (χ1v) is 4.67. The zero-order chi connectivity index (χ0) is 10.2. The molecule has 0 amide bonds. The third kappa shape index (κ3) is 1.30. The topological polar surface area (TPSA) is 57.5 Å². The molecule has 1 aliphatic rings. The molecule has 1 aliphatic carbocycles. The summed E-state index contributed by atoms with van der Waals surface area (Å²) in [5.41, 5.74) is -1.20. The zero-order valence-electron chi connectivity index (χ0n) is 7.68. The summed E-state index contributed by atoms with van der Waals surface area (Å²) < 4.78 is 0. The average molecular weight is 192 g/mol. The van der Waals surface area contributed by atoms with Crippen LogP contribution >= 0.6 is 0 Å². The summed E-state index contributed by atoms with van der Waals surface area (Å²) in [5, 5.41) is 19.1. The van der Waals surface area contributed by atoms with Gasteiger partial charge in [0.25, 0.3) is 0 Å². The zero-order valence-corrected chi connectivity index (χ0v) is 7.68. The van der Waals surface area contributed by atoms with Gasteiger partial charge in [-0.3, -0.25) is 0 Å². The molecule has 0 bridgehead atoms. The lowest BCUT2D eigenvalue weighted by molar-refractivity contribution is -0.162. The van der Waals surface area contributed by atoms with Gasteiger partial charge in [-0.1, -0.05) is 30.3 Å². The molecule has 0 aromatic heterocycles. The summed E-state index contributed by atoms with van der Waals surface area (Å²) in [6.07, 6.45) is 1.58. The van der Waals surface area contributed by atoms with Gasteiger partial charge in [0.15, 0.2) is 5.60 Å². The molecule has 1 atom stereocenters. The third-order valence-corrected chi connectivity index (χ3v) is 2.71. The largest absolute Gasteiger partial charge is 0.479 e. The van der Waals surface area contributed by atoms with Gasteiger partial charge in [-0.2, -0.15) is 0 Å². The molecule has 0 saturated heterocycles. The highest BCUT2D eigenvalue weighted by Crippen LogP contribution is 2.45. The molecule has 2 N–H and O–H groups in total. The van der Waals surface area contributed by atoms with E-state index in [1.165, 1.54) is 0 Å². The number of aliphatic carboxylic acids is 1. The Morgan fingerprint density at radius 2 is 1.86 bits per heavy atom. The molecule has 0 radical (unpaired) electrons. The van der Waals surface area contributed by atoms with E-state index in [2.05, 4.69) is 0 Å². The molecular weight excluding hydrogens is 180 g/mol. The van der Waals surface area contributed by atoms with Crippen molar-refractivity contribution < 1.29 is 15.0 Å². The van der Waals surface area contributed by atoms with E-state index in [4.69, 9.17) is 5.11 Å². The van der Waals surface area contributed by atoms with Crippen LogP contribution in [0.15, 0.2) is 30.3 Å². The second kappa shape index (κ2) is 3.10. The van der Waals surface area contributed by atoms with Crippen molar-refractivity contribution in [1.29, 1.82) is 0 Å². The minimum Gasteiger partial charge on any atom is -0.479 e. The van der Waals surface area contributed by atoms with Gasteiger partial charge in [-0.05, 0) is 18.4 Å². The van der Waals surface area contributed by atoms with Crippen molar-refractivity contribution in [2.75, 3.05) is 0 Å². The van der Waals surface area contributed by atoms with Crippen molar-refractivity contribution >= 4 is 5.97 Å². The van der Waals surface area contributed by atoms with E-state index in [0.29, 0.717) is 5.56 Å². The van der Waals surface area contributed by atoms with Crippen LogP contribution in [-0.2, 0) is 10.4 Å². The number of carbonyl (C=O) groups is 1. The molecule has 1 aromatic rings. The molecule has 3 nitrogen and oxygen atoms in total. The smallest absolute Gasteiger partial charge is 0.340 e. The summed E-state index contributed by atoms with van der Waals surface area (Å²) in [4.78, 5) is 11.1. The Kier molecular flexibility index (Phi) is 2.04. The molecule has 1 fully saturated rings. The van der Waals surface area contributed by atoms with Crippen LogP contribution in [0.3, 0.4) is 0 Å². The Balaban J connectivity index is 2.41. The highest BCUT2D eigenvalue weighted by molar-refractivity contribution is 5.80. The summed E-state index contributed by atoms with van der Waals surface area (Å²) in [6.45, 7) is 0. The highest BCUT2D eigenvalue weighted by atomic mass is 16.4. The number of rotatable bonds is 3. The van der Waals surface area contributed by atoms with Crippen molar-refractivity contribution in [3.05, 3.63) is 35.9 Å². The fraction of sp³-hybridized carbons (Fsp3) is 0.364. The van der Waals surface area contributed by atoms with Crippen LogP contribution in [-0.4, -0.2) is 16.2 Å². The molecule has 0 heterocycles. The number of hydrogen-bond donors (Lipinski definition) is 2. The molecule has 1 saturated carbocycles. The third-order valence-electron chi connectivity index (χ3n) is 2.71. The Labute approximate surface area is 82.0 Å². The van der Waals surface area contributed by atoms with E-state index < -0.39 is 11.6 Å². The lowest BCUT2D eigenvalue weighted by atomic mass is 9.89. The first kappa shape index (κ1) is 9.21. The molecular formula is C11H12O3. The Morgan fingerprint density at radius 3 is 2.29 bits per heavy atom. The van der Waals surface area contributed by atoms with E-state index >= 15 is 0 Å². The predicted molar refractivity (Wildman–Crippen MR) is 50.7 cm³/mol. The molecule has 1 aromatic carbocycles.